The number of azo groups is 1. The first-order valence-corrected chi connectivity index (χ1v) is 15.1. The molecule has 0 saturated heterocycles. The molecular weight excluding hydrogens is 596 g/mol. The Bertz CT molecular complexity index is 1930. The Kier molecular flexibility index (Phi) is 9.49. The molecule has 1 radical (unpaired) electrons. The van der Waals surface area contributed by atoms with E-state index in [-0.39, 0.29) is 41.9 Å². The molecule has 5 rings (SSSR count). The summed E-state index contributed by atoms with van der Waals surface area (Å²) >= 11 is 2.96. The van der Waals surface area contributed by atoms with E-state index in [2.05, 4.69) is 21.3 Å². The van der Waals surface area contributed by atoms with Crippen LogP contribution in [0.15, 0.2) is 69.7 Å². The molecule has 0 bridgehead atoms. The van der Waals surface area contributed by atoms with Crippen LogP contribution in [0.4, 0.5) is 5.69 Å². The Morgan fingerprint density at radius 1 is 0.951 bits per heavy atom. The van der Waals surface area contributed by atoms with Gasteiger partial charge in [-0.3, -0.25) is 9.35 Å². The summed E-state index contributed by atoms with van der Waals surface area (Å²) in [5.74, 6) is -1.53. The third kappa shape index (κ3) is 6.78. The van der Waals surface area contributed by atoms with Gasteiger partial charge in [0.05, 0.1) is 27.0 Å². The number of rotatable bonds is 8. The molecule has 2 heterocycles. The van der Waals surface area contributed by atoms with Crippen LogP contribution < -0.4 is 0 Å². The van der Waals surface area contributed by atoms with Crippen LogP contribution in [0, 0.1) is 6.92 Å². The number of carbonyl (C=O) groups is 2. The van der Waals surface area contributed by atoms with Crippen LogP contribution in [0.3, 0.4) is 0 Å². The van der Waals surface area contributed by atoms with Gasteiger partial charge < -0.3 is 4.74 Å². The number of ketones is 1. The van der Waals surface area contributed by atoms with Crippen LogP contribution in [0.2, 0.25) is 0 Å². The number of ether oxygens (including phenoxy) is 1. The fraction of sp³-hybridized carbons (Fsp3) is 0.185. The number of hydrogen-bond donors (Lipinski definition) is 1. The van der Waals surface area contributed by atoms with Gasteiger partial charge in [-0.25, -0.2) is 14.8 Å². The number of fused-ring (bicyclic) bond motifs is 2. The number of carbonyl (C=O) groups excluding carboxylic acids is 2. The second-order valence-corrected chi connectivity index (χ2v) is 12.3. The normalized spacial score (nSPS) is 12.5. The SMILES string of the molecule is CCOC(=O)C(N=Nc1ccc(-c2nc3ccc(-c4nc5ccc(C)cc5s4)cc3s2)cc1S(=O)(=O)O)C(C)=O.[Na]. The van der Waals surface area contributed by atoms with Crippen LogP contribution in [0.25, 0.3) is 41.6 Å². The number of hydrogen-bond acceptors (Lipinski definition) is 11. The third-order valence-electron chi connectivity index (χ3n) is 5.84. The van der Waals surface area contributed by atoms with Crippen LogP contribution in [0.5, 0.6) is 0 Å². The molecule has 0 saturated carbocycles. The summed E-state index contributed by atoms with van der Waals surface area (Å²) in [7, 11) is -4.74. The van der Waals surface area contributed by atoms with Crippen molar-refractivity contribution in [3.05, 3.63) is 60.2 Å². The van der Waals surface area contributed by atoms with E-state index >= 15 is 0 Å². The monoisotopic (exact) mass is 617 g/mol. The maximum atomic E-state index is 12.2. The van der Waals surface area contributed by atoms with Crippen molar-refractivity contribution in [2.24, 2.45) is 10.2 Å². The van der Waals surface area contributed by atoms with Crippen molar-refractivity contribution in [1.82, 2.24) is 9.97 Å². The molecule has 3 aromatic carbocycles. The number of thiazole rings is 2. The molecule has 0 fully saturated rings. The quantitative estimate of drug-likeness (QED) is 0.0731. The summed E-state index contributed by atoms with van der Waals surface area (Å²) in [5, 5.41) is 8.88. The minimum absolute atomic E-state index is 0. The molecule has 1 atom stereocenters. The van der Waals surface area contributed by atoms with Crippen molar-refractivity contribution >= 4 is 100 Å². The first-order valence-electron chi connectivity index (χ1n) is 12.0. The van der Waals surface area contributed by atoms with Crippen LogP contribution >= 0.6 is 22.7 Å². The second-order valence-electron chi connectivity index (χ2n) is 8.83. The number of aromatic nitrogens is 2. The van der Waals surface area contributed by atoms with Crippen LogP contribution in [-0.4, -0.2) is 76.9 Å². The molecule has 2 aromatic heterocycles. The Balaban J connectivity index is 0.00000387. The van der Waals surface area contributed by atoms with Gasteiger partial charge in [0.15, 0.2) is 5.78 Å². The zero-order valence-corrected chi connectivity index (χ0v) is 26.9. The number of aryl methyl sites for hydroxylation is 1. The van der Waals surface area contributed by atoms with Gasteiger partial charge in [0.2, 0.25) is 6.04 Å². The molecule has 0 aliphatic heterocycles. The molecule has 1 unspecified atom stereocenters. The Labute approximate surface area is 265 Å². The summed E-state index contributed by atoms with van der Waals surface area (Å²) in [4.78, 5) is 32.7. The number of esters is 1. The summed E-state index contributed by atoms with van der Waals surface area (Å²) in [6.45, 7) is 4.79. The minimum Gasteiger partial charge on any atom is -0.464 e. The summed E-state index contributed by atoms with van der Waals surface area (Å²) in [6, 6.07) is 14.5. The maximum Gasteiger partial charge on any atom is 0.340 e. The van der Waals surface area contributed by atoms with Crippen molar-refractivity contribution < 1.29 is 27.3 Å². The molecule has 0 amide bonds. The van der Waals surface area contributed by atoms with Gasteiger partial charge in [-0.15, -0.1) is 22.7 Å². The number of benzene rings is 3. The zero-order chi connectivity index (χ0) is 28.6. The summed E-state index contributed by atoms with van der Waals surface area (Å²) in [6.07, 6.45) is 0. The summed E-state index contributed by atoms with van der Waals surface area (Å²) in [5.41, 5.74) is 3.95. The molecule has 5 aromatic rings. The molecule has 0 aliphatic rings. The van der Waals surface area contributed by atoms with E-state index in [0.29, 0.717) is 10.6 Å². The van der Waals surface area contributed by atoms with Crippen molar-refractivity contribution in [2.45, 2.75) is 31.7 Å². The van der Waals surface area contributed by atoms with Crippen LogP contribution in [0.1, 0.15) is 19.4 Å². The minimum atomic E-state index is -4.74. The standard InChI is InChI=1S/C27H22N4O6S3.Na/c1-4-37-27(33)24(15(3)32)31-30-20-10-7-17(13-23(20)40(34,35)36)26-29-19-9-6-16(12-22(19)39-26)25-28-18-8-5-14(2)11-21(18)38-25;/h5-13,24H,4H2,1-3H3,(H,34,35,36);. The largest absolute Gasteiger partial charge is 0.464 e. The van der Waals surface area contributed by atoms with E-state index in [4.69, 9.17) is 9.72 Å². The van der Waals surface area contributed by atoms with Gasteiger partial charge in [0.1, 0.15) is 20.6 Å². The van der Waals surface area contributed by atoms with E-state index in [1.807, 2.05) is 37.3 Å². The van der Waals surface area contributed by atoms with Gasteiger partial charge in [-0.1, -0.05) is 6.07 Å². The molecule has 14 heteroatoms. The van der Waals surface area contributed by atoms with Gasteiger partial charge in [0.25, 0.3) is 10.1 Å². The topological polar surface area (TPSA) is 148 Å². The summed E-state index contributed by atoms with van der Waals surface area (Å²) < 4.78 is 41.1. The fourth-order valence-corrected chi connectivity index (χ4v) is 6.62. The number of nitrogens with zero attached hydrogens (tertiary/aromatic N) is 4. The van der Waals surface area contributed by atoms with Gasteiger partial charge in [0, 0.05) is 40.7 Å². The predicted octanol–water partition coefficient (Wildman–Crippen LogP) is 6.02. The van der Waals surface area contributed by atoms with E-state index in [0.717, 1.165) is 37.9 Å². The first-order chi connectivity index (χ1) is 19.0. The smallest absolute Gasteiger partial charge is 0.340 e. The molecule has 41 heavy (non-hydrogen) atoms. The molecule has 1 N–H and O–H groups in total. The Morgan fingerprint density at radius 2 is 1.54 bits per heavy atom. The third-order valence-corrected chi connectivity index (χ3v) is 8.86. The average molecular weight is 618 g/mol. The maximum absolute atomic E-state index is 12.2. The Morgan fingerprint density at radius 3 is 2.15 bits per heavy atom. The van der Waals surface area contributed by atoms with E-state index in [1.165, 1.54) is 29.0 Å². The van der Waals surface area contributed by atoms with Gasteiger partial charge in [-0.05, 0) is 74.9 Å². The molecule has 205 valence electrons. The molecule has 0 spiro atoms. The van der Waals surface area contributed by atoms with Crippen LogP contribution in [-0.2, 0) is 24.4 Å². The van der Waals surface area contributed by atoms with Crippen molar-refractivity contribution in [1.29, 1.82) is 0 Å². The first kappa shape index (κ1) is 31.0. The molecule has 10 nitrogen and oxygen atoms in total. The number of Topliss-reactive ketones (excluding diaryl/α,β-unsaturated/α-hetero) is 1. The second kappa shape index (κ2) is 12.5. The molecule has 0 aliphatic carbocycles. The van der Waals surface area contributed by atoms with E-state index < -0.39 is 32.8 Å². The average Bonchev–Trinajstić information content (AvgIpc) is 3.51. The Hall–Kier alpha value is -2.91. The van der Waals surface area contributed by atoms with Crippen molar-refractivity contribution in [3.63, 3.8) is 0 Å². The van der Waals surface area contributed by atoms with Gasteiger partial charge in [-0.2, -0.15) is 18.6 Å². The predicted molar refractivity (Wildman–Crippen MR) is 160 cm³/mol. The van der Waals surface area contributed by atoms with E-state index in [1.54, 1.807) is 24.3 Å². The fourth-order valence-electron chi connectivity index (χ4n) is 3.91. The zero-order valence-electron chi connectivity index (χ0n) is 22.5. The van der Waals surface area contributed by atoms with E-state index in [9.17, 15) is 22.6 Å². The van der Waals surface area contributed by atoms with Crippen molar-refractivity contribution in [2.75, 3.05) is 6.61 Å². The van der Waals surface area contributed by atoms with Gasteiger partial charge >= 0.3 is 5.97 Å². The van der Waals surface area contributed by atoms with Crippen molar-refractivity contribution in [3.8, 4) is 21.1 Å². The molecular formula is C27H22N4NaO6S3.